The molecule has 0 fully saturated rings. The van der Waals surface area contributed by atoms with Crippen LogP contribution in [0.5, 0.6) is 11.5 Å². The van der Waals surface area contributed by atoms with Crippen molar-refractivity contribution in [2.45, 2.75) is 20.4 Å². The molecule has 0 aliphatic rings. The van der Waals surface area contributed by atoms with Gasteiger partial charge in [-0.15, -0.1) is 0 Å². The van der Waals surface area contributed by atoms with E-state index < -0.39 is 0 Å². The lowest BCUT2D eigenvalue weighted by atomic mass is 10.1. The molecule has 28 heavy (non-hydrogen) atoms. The van der Waals surface area contributed by atoms with Crippen LogP contribution in [0.1, 0.15) is 40.1 Å². The molecule has 0 atom stereocenters. The number of carbonyl (C=O) groups excluding carboxylic acids is 2. The second-order valence-corrected chi connectivity index (χ2v) is 7.15. The molecule has 0 spiro atoms. The summed E-state index contributed by atoms with van der Waals surface area (Å²) in [5, 5.41) is 2.90. The van der Waals surface area contributed by atoms with Gasteiger partial charge in [-0.05, 0) is 35.7 Å². The van der Waals surface area contributed by atoms with Gasteiger partial charge in [0.25, 0.3) is 11.8 Å². The van der Waals surface area contributed by atoms with Crippen molar-refractivity contribution in [3.05, 3.63) is 59.2 Å². The summed E-state index contributed by atoms with van der Waals surface area (Å²) in [5.41, 5.74) is 1.97. The predicted octanol–water partition coefficient (Wildman–Crippen LogP) is 3.36. The Balaban J connectivity index is 2.07. The van der Waals surface area contributed by atoms with Gasteiger partial charge >= 0.3 is 0 Å². The number of nitrogens with one attached hydrogen (secondary N) is 1. The highest BCUT2D eigenvalue weighted by Crippen LogP contribution is 2.25. The molecule has 2 rings (SSSR count). The number of benzene rings is 2. The second-order valence-electron chi connectivity index (χ2n) is 7.15. The van der Waals surface area contributed by atoms with Gasteiger partial charge in [-0.1, -0.05) is 26.0 Å². The highest BCUT2D eigenvalue weighted by Gasteiger charge is 2.15. The van der Waals surface area contributed by atoms with E-state index >= 15 is 0 Å². The first-order chi connectivity index (χ1) is 13.3. The fraction of sp³-hybridized carbons (Fsp3) is 0.364. The Labute approximate surface area is 166 Å². The molecule has 150 valence electrons. The van der Waals surface area contributed by atoms with Crippen molar-refractivity contribution in [3.8, 4) is 11.5 Å². The highest BCUT2D eigenvalue weighted by molar-refractivity contribution is 5.97. The van der Waals surface area contributed by atoms with Crippen LogP contribution < -0.4 is 14.8 Å². The van der Waals surface area contributed by atoms with Crippen LogP contribution in [0.3, 0.4) is 0 Å². The zero-order valence-electron chi connectivity index (χ0n) is 17.1. The molecule has 0 saturated carbocycles. The Bertz CT molecular complexity index is 814. The van der Waals surface area contributed by atoms with Crippen molar-refractivity contribution in [2.75, 3.05) is 27.8 Å². The van der Waals surface area contributed by atoms with Gasteiger partial charge in [0.2, 0.25) is 0 Å². The van der Waals surface area contributed by atoms with E-state index in [0.29, 0.717) is 41.7 Å². The van der Waals surface area contributed by atoms with Crippen LogP contribution in [-0.2, 0) is 6.54 Å². The van der Waals surface area contributed by atoms with Gasteiger partial charge in [-0.25, -0.2) is 0 Å². The molecule has 1 N–H and O–H groups in total. The lowest BCUT2D eigenvalue weighted by Gasteiger charge is -2.15. The molecule has 0 unspecified atom stereocenters. The third kappa shape index (κ3) is 5.74. The van der Waals surface area contributed by atoms with Gasteiger partial charge in [0.15, 0.2) is 0 Å². The monoisotopic (exact) mass is 384 g/mol. The van der Waals surface area contributed by atoms with Crippen LogP contribution in [0.4, 0.5) is 0 Å². The van der Waals surface area contributed by atoms with Crippen LogP contribution in [0.2, 0.25) is 0 Å². The lowest BCUT2D eigenvalue weighted by molar-refractivity contribution is 0.0827. The van der Waals surface area contributed by atoms with E-state index in [1.165, 1.54) is 4.90 Å². The zero-order chi connectivity index (χ0) is 20.7. The molecule has 2 aromatic carbocycles. The average Bonchev–Trinajstić information content (AvgIpc) is 2.69. The average molecular weight is 384 g/mol. The van der Waals surface area contributed by atoms with Gasteiger partial charge in [-0.3, -0.25) is 9.59 Å². The predicted molar refractivity (Wildman–Crippen MR) is 109 cm³/mol. The Morgan fingerprint density at radius 1 is 1.07 bits per heavy atom. The summed E-state index contributed by atoms with van der Waals surface area (Å²) in [5.74, 6) is 1.19. The first-order valence-corrected chi connectivity index (χ1v) is 9.21. The van der Waals surface area contributed by atoms with E-state index in [-0.39, 0.29) is 11.8 Å². The second kappa shape index (κ2) is 9.78. The number of nitrogens with zero attached hydrogens (tertiary/aromatic N) is 1. The number of ether oxygens (including phenoxy) is 2. The summed E-state index contributed by atoms with van der Waals surface area (Å²) in [4.78, 5) is 26.1. The highest BCUT2D eigenvalue weighted by atomic mass is 16.5. The molecule has 6 nitrogen and oxygen atoms in total. The van der Waals surface area contributed by atoms with Gasteiger partial charge in [0, 0.05) is 32.3 Å². The van der Waals surface area contributed by atoms with Crippen LogP contribution in [-0.4, -0.2) is 44.5 Å². The maximum atomic E-state index is 12.7. The first-order valence-electron chi connectivity index (χ1n) is 9.21. The summed E-state index contributed by atoms with van der Waals surface area (Å²) in [6.45, 7) is 4.95. The van der Waals surface area contributed by atoms with E-state index in [2.05, 4.69) is 5.32 Å². The summed E-state index contributed by atoms with van der Waals surface area (Å²) in [6.07, 6.45) is 0. The van der Waals surface area contributed by atoms with Crippen LogP contribution >= 0.6 is 0 Å². The Morgan fingerprint density at radius 3 is 2.32 bits per heavy atom. The van der Waals surface area contributed by atoms with Crippen molar-refractivity contribution in [3.63, 3.8) is 0 Å². The summed E-state index contributed by atoms with van der Waals surface area (Å²) in [7, 11) is 5.00. The fourth-order valence-corrected chi connectivity index (χ4v) is 2.49. The summed E-state index contributed by atoms with van der Waals surface area (Å²) >= 11 is 0. The molecule has 6 heteroatoms. The van der Waals surface area contributed by atoms with E-state index in [4.69, 9.17) is 9.47 Å². The minimum Gasteiger partial charge on any atom is -0.497 e. The number of amides is 2. The van der Waals surface area contributed by atoms with E-state index in [0.717, 1.165) is 5.56 Å². The minimum atomic E-state index is -0.227. The quantitative estimate of drug-likeness (QED) is 0.758. The molecule has 0 bridgehead atoms. The number of carbonyl (C=O) groups is 2. The fourth-order valence-electron chi connectivity index (χ4n) is 2.49. The largest absolute Gasteiger partial charge is 0.497 e. The zero-order valence-corrected chi connectivity index (χ0v) is 17.1. The Hall–Kier alpha value is -3.02. The Kier molecular flexibility index (Phi) is 7.44. The molecule has 0 radical (unpaired) electrons. The molecule has 0 aromatic heterocycles. The molecule has 2 aromatic rings. The maximum Gasteiger partial charge on any atom is 0.255 e. The number of methoxy groups -OCH3 is 1. The van der Waals surface area contributed by atoms with Crippen LogP contribution in [0, 0.1) is 5.92 Å². The standard InChI is InChI=1S/C22H28N2O4/c1-15(2)14-28-20-12-18(27-5)10-11-19(20)21(25)23-13-16-6-8-17(9-7-16)22(26)24(3)4/h6-12,15H,13-14H2,1-5H3,(H,23,25). The van der Waals surface area contributed by atoms with Crippen molar-refractivity contribution < 1.29 is 19.1 Å². The normalized spacial score (nSPS) is 10.5. The van der Waals surface area contributed by atoms with E-state index in [1.54, 1.807) is 51.5 Å². The summed E-state index contributed by atoms with van der Waals surface area (Å²) in [6, 6.07) is 12.3. The number of hydrogen-bond donors (Lipinski definition) is 1. The van der Waals surface area contributed by atoms with Gasteiger partial charge in [-0.2, -0.15) is 0 Å². The van der Waals surface area contributed by atoms with Crippen molar-refractivity contribution in [2.24, 2.45) is 5.92 Å². The molecule has 0 aliphatic heterocycles. The molecule has 0 saturated heterocycles. The number of rotatable bonds is 8. The van der Waals surface area contributed by atoms with Crippen LogP contribution in [0.25, 0.3) is 0 Å². The third-order valence-electron chi connectivity index (χ3n) is 4.07. The van der Waals surface area contributed by atoms with Gasteiger partial charge in [0.05, 0.1) is 19.3 Å². The molecule has 2 amide bonds. The number of hydrogen-bond acceptors (Lipinski definition) is 4. The van der Waals surface area contributed by atoms with Crippen molar-refractivity contribution in [1.82, 2.24) is 10.2 Å². The summed E-state index contributed by atoms with van der Waals surface area (Å²) < 4.78 is 11.0. The molecule has 0 aliphatic carbocycles. The van der Waals surface area contributed by atoms with Crippen LogP contribution in [0.15, 0.2) is 42.5 Å². The lowest BCUT2D eigenvalue weighted by Crippen LogP contribution is -2.24. The van der Waals surface area contributed by atoms with E-state index in [1.807, 2.05) is 26.0 Å². The molecule has 0 heterocycles. The smallest absolute Gasteiger partial charge is 0.255 e. The van der Waals surface area contributed by atoms with Gasteiger partial charge < -0.3 is 19.7 Å². The minimum absolute atomic E-state index is 0.0549. The third-order valence-corrected chi connectivity index (χ3v) is 4.07. The SMILES string of the molecule is COc1ccc(C(=O)NCc2ccc(C(=O)N(C)C)cc2)c(OCC(C)C)c1. The topological polar surface area (TPSA) is 67.9 Å². The van der Waals surface area contributed by atoms with Crippen molar-refractivity contribution >= 4 is 11.8 Å². The molecular weight excluding hydrogens is 356 g/mol. The maximum absolute atomic E-state index is 12.7. The Morgan fingerprint density at radius 2 is 1.75 bits per heavy atom. The van der Waals surface area contributed by atoms with Gasteiger partial charge in [0.1, 0.15) is 11.5 Å². The first kappa shape index (κ1) is 21.3. The van der Waals surface area contributed by atoms with E-state index in [9.17, 15) is 9.59 Å². The van der Waals surface area contributed by atoms with Crippen molar-refractivity contribution in [1.29, 1.82) is 0 Å². The molecular formula is C22H28N2O4.